The van der Waals surface area contributed by atoms with Crippen LogP contribution in [0.1, 0.15) is 17.3 Å². The molecule has 0 atom stereocenters. The Labute approximate surface area is 163 Å². The van der Waals surface area contributed by atoms with Gasteiger partial charge in [-0.2, -0.15) is 9.29 Å². The summed E-state index contributed by atoms with van der Waals surface area (Å²) in [5.74, 6) is -0.282. The summed E-state index contributed by atoms with van der Waals surface area (Å²) in [6, 6.07) is 7.61. The fraction of sp³-hybridized carbons (Fsp3) is 0.353. The molecule has 1 aromatic carbocycles. The molecule has 10 nitrogen and oxygen atoms in total. The van der Waals surface area contributed by atoms with Gasteiger partial charge in [0.25, 0.3) is 5.91 Å². The van der Waals surface area contributed by atoms with Crippen LogP contribution in [0.5, 0.6) is 0 Å². The van der Waals surface area contributed by atoms with Gasteiger partial charge in [-0.1, -0.05) is 0 Å². The van der Waals surface area contributed by atoms with Crippen molar-refractivity contribution >= 4 is 39.1 Å². The van der Waals surface area contributed by atoms with Gasteiger partial charge in [0.1, 0.15) is 5.82 Å². The van der Waals surface area contributed by atoms with E-state index in [-0.39, 0.29) is 23.1 Å². The SMILES string of the molecule is CCS(=O)(=O)N1CCN(c2ccc(Nc3ncc(C(N)=O)c(N)n3)cc2)CC1. The van der Waals surface area contributed by atoms with Crippen LogP contribution in [0.2, 0.25) is 0 Å². The quantitative estimate of drug-likeness (QED) is 0.624. The molecule has 0 saturated carbocycles. The van der Waals surface area contributed by atoms with E-state index >= 15 is 0 Å². The summed E-state index contributed by atoms with van der Waals surface area (Å²) in [6.45, 7) is 3.90. The van der Waals surface area contributed by atoms with Crippen LogP contribution in [0, 0.1) is 0 Å². The van der Waals surface area contributed by atoms with E-state index in [0.29, 0.717) is 26.2 Å². The number of benzene rings is 1. The molecule has 2 heterocycles. The number of nitrogen functional groups attached to an aromatic ring is 1. The van der Waals surface area contributed by atoms with Gasteiger partial charge in [0.15, 0.2) is 0 Å². The molecule has 11 heteroatoms. The summed E-state index contributed by atoms with van der Waals surface area (Å²) in [5, 5.41) is 3.02. The fourth-order valence-electron chi connectivity index (χ4n) is 2.94. The van der Waals surface area contributed by atoms with E-state index < -0.39 is 15.9 Å². The Hall–Kier alpha value is -2.92. The second-order valence-corrected chi connectivity index (χ2v) is 8.57. The molecule has 1 amide bonds. The normalized spacial score (nSPS) is 15.4. The minimum atomic E-state index is -3.14. The van der Waals surface area contributed by atoms with Crippen LogP contribution in [-0.4, -0.2) is 60.5 Å². The number of sulfonamides is 1. The number of hydrogen-bond donors (Lipinski definition) is 3. The van der Waals surface area contributed by atoms with Gasteiger partial charge in [0.05, 0.1) is 11.3 Å². The number of nitrogens with one attached hydrogen (secondary N) is 1. The van der Waals surface area contributed by atoms with Crippen molar-refractivity contribution in [3.8, 4) is 0 Å². The Morgan fingerprint density at radius 3 is 2.36 bits per heavy atom. The Balaban J connectivity index is 1.63. The monoisotopic (exact) mass is 405 g/mol. The highest BCUT2D eigenvalue weighted by molar-refractivity contribution is 7.89. The molecule has 1 saturated heterocycles. The van der Waals surface area contributed by atoms with Crippen LogP contribution in [-0.2, 0) is 10.0 Å². The third-order valence-corrected chi connectivity index (χ3v) is 6.45. The molecular weight excluding hydrogens is 382 g/mol. The van der Waals surface area contributed by atoms with E-state index in [0.717, 1.165) is 11.4 Å². The van der Waals surface area contributed by atoms with Gasteiger partial charge in [-0.05, 0) is 31.2 Å². The van der Waals surface area contributed by atoms with Gasteiger partial charge in [-0.25, -0.2) is 13.4 Å². The van der Waals surface area contributed by atoms with Crippen LogP contribution < -0.4 is 21.7 Å². The van der Waals surface area contributed by atoms with Gasteiger partial charge in [0.2, 0.25) is 16.0 Å². The summed E-state index contributed by atoms with van der Waals surface area (Å²) in [6.07, 6.45) is 1.28. The molecule has 0 aliphatic carbocycles. The Kier molecular flexibility index (Phi) is 5.66. The maximum atomic E-state index is 12.0. The summed E-state index contributed by atoms with van der Waals surface area (Å²) in [4.78, 5) is 21.4. The highest BCUT2D eigenvalue weighted by atomic mass is 32.2. The number of carbonyl (C=O) groups is 1. The second kappa shape index (κ2) is 7.98. The van der Waals surface area contributed by atoms with E-state index in [1.165, 1.54) is 10.5 Å². The molecule has 5 N–H and O–H groups in total. The lowest BCUT2D eigenvalue weighted by molar-refractivity contribution is 0.100. The molecule has 1 aliphatic rings. The van der Waals surface area contributed by atoms with E-state index in [2.05, 4.69) is 20.2 Å². The van der Waals surface area contributed by atoms with E-state index in [9.17, 15) is 13.2 Å². The first kappa shape index (κ1) is 19.8. The highest BCUT2D eigenvalue weighted by Gasteiger charge is 2.25. The molecule has 0 radical (unpaired) electrons. The number of hydrogen-bond acceptors (Lipinski definition) is 8. The Morgan fingerprint density at radius 2 is 1.82 bits per heavy atom. The van der Waals surface area contributed by atoms with Crippen molar-refractivity contribution in [1.82, 2.24) is 14.3 Å². The van der Waals surface area contributed by atoms with Gasteiger partial charge in [0, 0.05) is 43.8 Å². The van der Waals surface area contributed by atoms with Crippen LogP contribution in [0.15, 0.2) is 30.5 Å². The lowest BCUT2D eigenvalue weighted by atomic mass is 10.2. The molecule has 150 valence electrons. The maximum absolute atomic E-state index is 12.0. The average Bonchev–Trinajstić information content (AvgIpc) is 2.68. The number of rotatable bonds is 6. The predicted molar refractivity (Wildman–Crippen MR) is 108 cm³/mol. The number of aromatic nitrogens is 2. The molecule has 28 heavy (non-hydrogen) atoms. The fourth-order valence-corrected chi connectivity index (χ4v) is 4.02. The number of carbonyl (C=O) groups excluding carboxylic acids is 1. The van der Waals surface area contributed by atoms with E-state index in [1.807, 2.05) is 24.3 Å². The standard InChI is InChI=1S/C17H23N7O3S/c1-2-28(26,27)24-9-7-23(8-10-24)13-5-3-12(4-6-13)21-17-20-11-14(16(19)25)15(18)22-17/h3-6,11H,2,7-10H2,1H3,(H2,19,25)(H3,18,20,21,22). The molecule has 0 bridgehead atoms. The number of nitrogens with two attached hydrogens (primary N) is 2. The van der Waals surface area contributed by atoms with Crippen molar-refractivity contribution in [2.45, 2.75) is 6.92 Å². The minimum absolute atomic E-state index is 0.0153. The molecule has 2 aromatic rings. The number of nitrogens with zero attached hydrogens (tertiary/aromatic N) is 4. The van der Waals surface area contributed by atoms with Gasteiger partial charge >= 0.3 is 0 Å². The number of amides is 1. The summed E-state index contributed by atoms with van der Waals surface area (Å²) in [5.41, 5.74) is 12.7. The van der Waals surface area contributed by atoms with Crippen LogP contribution in [0.25, 0.3) is 0 Å². The lowest BCUT2D eigenvalue weighted by Gasteiger charge is -2.35. The first-order valence-electron chi connectivity index (χ1n) is 8.82. The Morgan fingerprint density at radius 1 is 1.18 bits per heavy atom. The molecule has 1 aliphatic heterocycles. The van der Waals surface area contributed by atoms with Crippen molar-refractivity contribution in [3.63, 3.8) is 0 Å². The molecule has 3 rings (SSSR count). The molecular formula is C17H23N7O3S. The molecule has 0 unspecified atom stereocenters. The van der Waals surface area contributed by atoms with Crippen molar-refractivity contribution in [2.24, 2.45) is 5.73 Å². The largest absolute Gasteiger partial charge is 0.383 e. The zero-order valence-electron chi connectivity index (χ0n) is 15.5. The summed E-state index contributed by atoms with van der Waals surface area (Å²) < 4.78 is 25.4. The maximum Gasteiger partial charge on any atom is 0.254 e. The van der Waals surface area contributed by atoms with Gasteiger partial charge < -0.3 is 21.7 Å². The highest BCUT2D eigenvalue weighted by Crippen LogP contribution is 2.22. The van der Waals surface area contributed by atoms with E-state index in [4.69, 9.17) is 11.5 Å². The van der Waals surface area contributed by atoms with E-state index in [1.54, 1.807) is 6.92 Å². The van der Waals surface area contributed by atoms with Gasteiger partial charge in [-0.15, -0.1) is 0 Å². The van der Waals surface area contributed by atoms with Crippen LogP contribution in [0.4, 0.5) is 23.1 Å². The molecule has 1 aromatic heterocycles. The summed E-state index contributed by atoms with van der Waals surface area (Å²) in [7, 11) is -3.14. The third-order valence-electron chi connectivity index (χ3n) is 4.57. The van der Waals surface area contributed by atoms with Crippen LogP contribution in [0.3, 0.4) is 0 Å². The summed E-state index contributed by atoms with van der Waals surface area (Å²) >= 11 is 0. The lowest BCUT2D eigenvalue weighted by Crippen LogP contribution is -2.49. The van der Waals surface area contributed by atoms with Crippen molar-refractivity contribution in [1.29, 1.82) is 0 Å². The molecule has 0 spiro atoms. The number of piperazine rings is 1. The minimum Gasteiger partial charge on any atom is -0.383 e. The molecule has 1 fully saturated rings. The first-order valence-corrected chi connectivity index (χ1v) is 10.4. The van der Waals surface area contributed by atoms with Gasteiger partial charge in [-0.3, -0.25) is 4.79 Å². The first-order chi connectivity index (χ1) is 13.3. The smallest absolute Gasteiger partial charge is 0.254 e. The zero-order chi connectivity index (χ0) is 20.3. The second-order valence-electron chi connectivity index (χ2n) is 6.32. The van der Waals surface area contributed by atoms with Crippen LogP contribution >= 0.6 is 0 Å². The topological polar surface area (TPSA) is 148 Å². The predicted octanol–water partition coefficient (Wildman–Crippen LogP) is 0.373. The van der Waals surface area contributed by atoms with Crippen molar-refractivity contribution in [2.75, 3.05) is 47.9 Å². The third kappa shape index (κ3) is 4.31. The Bertz CT molecular complexity index is 955. The zero-order valence-corrected chi connectivity index (χ0v) is 16.3. The number of anilines is 4. The average molecular weight is 405 g/mol. The van der Waals surface area contributed by atoms with Crippen molar-refractivity contribution in [3.05, 3.63) is 36.0 Å². The van der Waals surface area contributed by atoms with Crippen molar-refractivity contribution < 1.29 is 13.2 Å². The number of primary amides is 1.